The first kappa shape index (κ1) is 13.0. The quantitative estimate of drug-likeness (QED) is 0.721. The Bertz CT molecular complexity index is 264. The van der Waals surface area contributed by atoms with Crippen molar-refractivity contribution in [2.24, 2.45) is 5.92 Å². The average Bonchev–Trinajstić information content (AvgIpc) is 2.82. The van der Waals surface area contributed by atoms with Crippen molar-refractivity contribution in [2.45, 2.75) is 26.3 Å². The van der Waals surface area contributed by atoms with E-state index >= 15 is 0 Å². The van der Waals surface area contributed by atoms with Gasteiger partial charge in [0.1, 0.15) is 0 Å². The van der Waals surface area contributed by atoms with Gasteiger partial charge in [0, 0.05) is 38.2 Å². The van der Waals surface area contributed by atoms with E-state index in [4.69, 9.17) is 4.74 Å². The zero-order valence-corrected chi connectivity index (χ0v) is 11.0. The van der Waals surface area contributed by atoms with Crippen LogP contribution in [0.3, 0.4) is 0 Å². The van der Waals surface area contributed by atoms with E-state index in [2.05, 4.69) is 23.6 Å². The van der Waals surface area contributed by atoms with Gasteiger partial charge in [0.25, 0.3) is 0 Å². The molecule has 98 valence electrons. The molecule has 2 unspecified atom stereocenters. The SMILES string of the molecule is CCN1CCN(CC(=O)C2CCOC2)CC1C. The van der Waals surface area contributed by atoms with Crippen molar-refractivity contribution in [3.63, 3.8) is 0 Å². The van der Waals surface area contributed by atoms with Gasteiger partial charge in [-0.1, -0.05) is 6.92 Å². The molecule has 0 radical (unpaired) electrons. The second-order valence-electron chi connectivity index (χ2n) is 5.24. The molecule has 0 bridgehead atoms. The van der Waals surface area contributed by atoms with Gasteiger partial charge in [-0.3, -0.25) is 14.6 Å². The Morgan fingerprint density at radius 1 is 1.41 bits per heavy atom. The molecule has 0 spiro atoms. The first-order valence-corrected chi connectivity index (χ1v) is 6.77. The van der Waals surface area contributed by atoms with Crippen molar-refractivity contribution in [1.82, 2.24) is 9.80 Å². The van der Waals surface area contributed by atoms with Gasteiger partial charge < -0.3 is 4.74 Å². The fourth-order valence-corrected chi connectivity index (χ4v) is 2.82. The lowest BCUT2D eigenvalue weighted by Gasteiger charge is -2.39. The minimum absolute atomic E-state index is 0.162. The van der Waals surface area contributed by atoms with Crippen LogP contribution < -0.4 is 0 Å². The summed E-state index contributed by atoms with van der Waals surface area (Å²) in [7, 11) is 0. The summed E-state index contributed by atoms with van der Waals surface area (Å²) in [5.41, 5.74) is 0. The third kappa shape index (κ3) is 3.27. The molecule has 0 aliphatic carbocycles. The number of hydrogen-bond donors (Lipinski definition) is 0. The molecule has 0 N–H and O–H groups in total. The zero-order chi connectivity index (χ0) is 12.3. The molecular formula is C13H24N2O2. The van der Waals surface area contributed by atoms with Crippen LogP contribution in [0.2, 0.25) is 0 Å². The van der Waals surface area contributed by atoms with Gasteiger partial charge in [0.05, 0.1) is 13.2 Å². The molecule has 0 aromatic carbocycles. The maximum atomic E-state index is 12.0. The minimum Gasteiger partial charge on any atom is -0.381 e. The number of rotatable bonds is 4. The lowest BCUT2D eigenvalue weighted by atomic mass is 10.0. The van der Waals surface area contributed by atoms with Crippen molar-refractivity contribution in [2.75, 3.05) is 45.9 Å². The molecule has 17 heavy (non-hydrogen) atoms. The normalized spacial score (nSPS) is 31.9. The molecule has 2 aliphatic heterocycles. The Labute approximate surface area is 104 Å². The Kier molecular flexibility index (Phi) is 4.54. The van der Waals surface area contributed by atoms with Gasteiger partial charge in [-0.2, -0.15) is 0 Å². The smallest absolute Gasteiger partial charge is 0.152 e. The first-order valence-electron chi connectivity index (χ1n) is 6.77. The Balaban J connectivity index is 1.78. The number of ether oxygens (including phenoxy) is 1. The van der Waals surface area contributed by atoms with Crippen LogP contribution in [0.1, 0.15) is 20.3 Å². The van der Waals surface area contributed by atoms with Gasteiger partial charge in [0.15, 0.2) is 5.78 Å². The summed E-state index contributed by atoms with van der Waals surface area (Å²) in [6.07, 6.45) is 0.920. The maximum Gasteiger partial charge on any atom is 0.152 e. The Morgan fingerprint density at radius 3 is 2.82 bits per heavy atom. The molecule has 4 nitrogen and oxygen atoms in total. The highest BCUT2D eigenvalue weighted by atomic mass is 16.5. The van der Waals surface area contributed by atoms with E-state index < -0.39 is 0 Å². The predicted octanol–water partition coefficient (Wildman–Crippen LogP) is 0.618. The van der Waals surface area contributed by atoms with Crippen molar-refractivity contribution in [1.29, 1.82) is 0 Å². The van der Waals surface area contributed by atoms with E-state index in [0.717, 1.165) is 39.2 Å². The number of likely N-dealkylation sites (N-methyl/N-ethyl adjacent to an activating group) is 1. The lowest BCUT2D eigenvalue weighted by molar-refractivity contribution is -0.124. The fourth-order valence-electron chi connectivity index (χ4n) is 2.82. The summed E-state index contributed by atoms with van der Waals surface area (Å²) < 4.78 is 5.28. The van der Waals surface area contributed by atoms with E-state index in [1.165, 1.54) is 0 Å². The van der Waals surface area contributed by atoms with E-state index in [0.29, 0.717) is 25.0 Å². The van der Waals surface area contributed by atoms with E-state index in [1.807, 2.05) is 0 Å². The molecule has 0 aromatic heterocycles. The zero-order valence-electron chi connectivity index (χ0n) is 11.0. The summed E-state index contributed by atoms with van der Waals surface area (Å²) in [5.74, 6) is 0.536. The molecule has 0 saturated carbocycles. The van der Waals surface area contributed by atoms with Crippen molar-refractivity contribution in [3.8, 4) is 0 Å². The van der Waals surface area contributed by atoms with Crippen LogP contribution in [0.25, 0.3) is 0 Å². The minimum atomic E-state index is 0.162. The molecule has 2 aliphatic rings. The molecule has 0 aromatic rings. The summed E-state index contributed by atoms with van der Waals surface area (Å²) in [6.45, 7) is 10.7. The third-order valence-corrected chi connectivity index (χ3v) is 4.02. The number of carbonyl (C=O) groups is 1. The molecule has 2 heterocycles. The van der Waals surface area contributed by atoms with Crippen LogP contribution in [0.5, 0.6) is 0 Å². The molecule has 2 atom stereocenters. The largest absolute Gasteiger partial charge is 0.381 e. The van der Waals surface area contributed by atoms with Crippen LogP contribution in [-0.4, -0.2) is 67.6 Å². The van der Waals surface area contributed by atoms with Gasteiger partial charge >= 0.3 is 0 Å². The van der Waals surface area contributed by atoms with Crippen molar-refractivity contribution >= 4 is 5.78 Å². The number of Topliss-reactive ketones (excluding diaryl/α,β-unsaturated/α-hetero) is 1. The highest BCUT2D eigenvalue weighted by molar-refractivity contribution is 5.83. The summed E-state index contributed by atoms with van der Waals surface area (Å²) in [4.78, 5) is 16.8. The van der Waals surface area contributed by atoms with Crippen LogP contribution in [-0.2, 0) is 9.53 Å². The molecule has 2 saturated heterocycles. The number of carbonyl (C=O) groups excluding carboxylic acids is 1. The van der Waals surface area contributed by atoms with Crippen molar-refractivity contribution in [3.05, 3.63) is 0 Å². The van der Waals surface area contributed by atoms with Crippen LogP contribution in [0.15, 0.2) is 0 Å². The molecule has 4 heteroatoms. The average molecular weight is 240 g/mol. The van der Waals surface area contributed by atoms with Gasteiger partial charge in [0.2, 0.25) is 0 Å². The molecular weight excluding hydrogens is 216 g/mol. The van der Waals surface area contributed by atoms with E-state index in [1.54, 1.807) is 0 Å². The third-order valence-electron chi connectivity index (χ3n) is 4.02. The second-order valence-corrected chi connectivity index (χ2v) is 5.24. The van der Waals surface area contributed by atoms with E-state index in [-0.39, 0.29) is 5.92 Å². The van der Waals surface area contributed by atoms with Crippen molar-refractivity contribution < 1.29 is 9.53 Å². The molecule has 2 rings (SSSR count). The first-order chi connectivity index (χ1) is 8.20. The van der Waals surface area contributed by atoms with Gasteiger partial charge in [-0.15, -0.1) is 0 Å². The highest BCUT2D eigenvalue weighted by Gasteiger charge is 2.28. The standard InChI is InChI=1S/C13H24N2O2/c1-3-15-6-5-14(8-11(15)2)9-13(16)12-4-7-17-10-12/h11-12H,3-10H2,1-2H3. The number of nitrogens with zero attached hydrogens (tertiary/aromatic N) is 2. The Morgan fingerprint density at radius 2 is 2.24 bits per heavy atom. The summed E-state index contributed by atoms with van der Waals surface area (Å²) in [6, 6.07) is 0.571. The number of ketones is 1. The Hall–Kier alpha value is -0.450. The number of hydrogen-bond acceptors (Lipinski definition) is 4. The topological polar surface area (TPSA) is 32.8 Å². The molecule has 0 amide bonds. The van der Waals surface area contributed by atoms with Crippen LogP contribution >= 0.6 is 0 Å². The predicted molar refractivity (Wildman–Crippen MR) is 67.1 cm³/mol. The van der Waals surface area contributed by atoms with E-state index in [9.17, 15) is 4.79 Å². The van der Waals surface area contributed by atoms with Gasteiger partial charge in [-0.05, 0) is 19.9 Å². The second kappa shape index (κ2) is 5.94. The van der Waals surface area contributed by atoms with Crippen LogP contribution in [0.4, 0.5) is 0 Å². The lowest BCUT2D eigenvalue weighted by Crippen LogP contribution is -2.53. The van der Waals surface area contributed by atoms with Gasteiger partial charge in [-0.25, -0.2) is 0 Å². The monoisotopic (exact) mass is 240 g/mol. The summed E-state index contributed by atoms with van der Waals surface area (Å²) >= 11 is 0. The number of piperazine rings is 1. The maximum absolute atomic E-state index is 12.0. The fraction of sp³-hybridized carbons (Fsp3) is 0.923. The summed E-state index contributed by atoms with van der Waals surface area (Å²) in [5, 5.41) is 0. The highest BCUT2D eigenvalue weighted by Crippen LogP contribution is 2.15. The molecule has 2 fully saturated rings. The van der Waals surface area contributed by atoms with Crippen LogP contribution in [0, 0.1) is 5.92 Å².